The number of hydrogen-bond donors (Lipinski definition) is 3. The fourth-order valence-electron chi connectivity index (χ4n) is 4.02. The number of aromatic carboxylic acids is 1. The van der Waals surface area contributed by atoms with Crippen molar-refractivity contribution in [2.75, 3.05) is 4.90 Å². The summed E-state index contributed by atoms with van der Waals surface area (Å²) in [6, 6.07) is 26.0. The van der Waals surface area contributed by atoms with Gasteiger partial charge in [0.25, 0.3) is 5.91 Å². The van der Waals surface area contributed by atoms with Crippen molar-refractivity contribution in [3.05, 3.63) is 124 Å². The second-order valence-electron chi connectivity index (χ2n) is 8.43. The first-order chi connectivity index (χ1) is 18.4. The Hall–Kier alpha value is -5.02. The molecule has 1 amide bonds. The molecule has 2 aromatic heterocycles. The summed E-state index contributed by atoms with van der Waals surface area (Å²) in [5.41, 5.74) is 4.03. The molecule has 9 heteroatoms. The van der Waals surface area contributed by atoms with Crippen molar-refractivity contribution in [3.8, 4) is 27.6 Å². The molecule has 0 unspecified atom stereocenters. The number of aromatic hydroxyl groups is 1. The van der Waals surface area contributed by atoms with Gasteiger partial charge in [0, 0.05) is 23.0 Å². The van der Waals surface area contributed by atoms with Crippen LogP contribution in [0.3, 0.4) is 0 Å². The molecular formula is C29H21N3O5S. The number of hydrogen-bond acceptors (Lipinski definition) is 6. The number of carboxylic acids is 1. The first-order valence-electron chi connectivity index (χ1n) is 11.6. The largest absolute Gasteiger partial charge is 0.493 e. The summed E-state index contributed by atoms with van der Waals surface area (Å²) in [4.78, 5) is 45.1. The van der Waals surface area contributed by atoms with Crippen LogP contribution >= 0.6 is 11.3 Å². The van der Waals surface area contributed by atoms with Gasteiger partial charge in [0.1, 0.15) is 0 Å². The molecule has 3 aromatic carbocycles. The lowest BCUT2D eigenvalue weighted by molar-refractivity contribution is 0.0696. The number of anilines is 1. The van der Waals surface area contributed by atoms with Crippen LogP contribution in [0, 0.1) is 0 Å². The van der Waals surface area contributed by atoms with Gasteiger partial charge < -0.3 is 15.1 Å². The van der Waals surface area contributed by atoms with E-state index in [-0.39, 0.29) is 28.8 Å². The third kappa shape index (κ3) is 5.23. The van der Waals surface area contributed by atoms with Gasteiger partial charge >= 0.3 is 10.8 Å². The summed E-state index contributed by atoms with van der Waals surface area (Å²) in [7, 11) is 0. The number of carbonyl (C=O) groups is 2. The van der Waals surface area contributed by atoms with Crippen LogP contribution in [0.5, 0.6) is 5.88 Å². The third-order valence-corrected chi connectivity index (χ3v) is 6.85. The number of nitrogens with zero attached hydrogens (tertiary/aromatic N) is 2. The van der Waals surface area contributed by atoms with Gasteiger partial charge in [0.15, 0.2) is 0 Å². The normalized spacial score (nSPS) is 10.7. The highest BCUT2D eigenvalue weighted by Crippen LogP contribution is 2.30. The number of benzene rings is 3. The van der Waals surface area contributed by atoms with E-state index in [4.69, 9.17) is 0 Å². The van der Waals surface area contributed by atoms with Crippen LogP contribution in [0.25, 0.3) is 21.7 Å². The van der Waals surface area contributed by atoms with Gasteiger partial charge in [0.05, 0.1) is 22.7 Å². The smallest absolute Gasteiger partial charge is 0.335 e. The van der Waals surface area contributed by atoms with E-state index in [2.05, 4.69) is 9.97 Å². The number of nitrogens with one attached hydrogen (secondary N) is 1. The Balaban J connectivity index is 1.47. The highest BCUT2D eigenvalue weighted by Gasteiger charge is 2.20. The molecule has 188 valence electrons. The number of rotatable bonds is 7. The first kappa shape index (κ1) is 24.7. The van der Waals surface area contributed by atoms with E-state index in [0.717, 1.165) is 28.2 Å². The maximum atomic E-state index is 13.7. The molecule has 38 heavy (non-hydrogen) atoms. The van der Waals surface area contributed by atoms with Gasteiger partial charge in [-0.1, -0.05) is 59.9 Å². The van der Waals surface area contributed by atoms with Crippen molar-refractivity contribution >= 4 is 28.9 Å². The van der Waals surface area contributed by atoms with Crippen LogP contribution in [0.1, 0.15) is 26.3 Å². The molecular weight excluding hydrogens is 502 g/mol. The second-order valence-corrected chi connectivity index (χ2v) is 9.41. The highest BCUT2D eigenvalue weighted by atomic mass is 32.1. The molecule has 3 N–H and O–H groups in total. The predicted octanol–water partition coefficient (Wildman–Crippen LogP) is 5.42. The van der Waals surface area contributed by atoms with E-state index in [9.17, 15) is 24.6 Å². The zero-order chi connectivity index (χ0) is 26.6. The molecule has 0 aliphatic rings. The Morgan fingerprint density at radius 1 is 0.868 bits per heavy atom. The van der Waals surface area contributed by atoms with Crippen molar-refractivity contribution in [2.45, 2.75) is 6.54 Å². The Labute approximate surface area is 221 Å². The fourth-order valence-corrected chi connectivity index (χ4v) is 4.75. The van der Waals surface area contributed by atoms with Crippen molar-refractivity contribution < 1.29 is 19.8 Å². The monoisotopic (exact) mass is 523 g/mol. The molecule has 0 aliphatic carbocycles. The number of aromatic nitrogens is 2. The number of pyridine rings is 1. The lowest BCUT2D eigenvalue weighted by atomic mass is 10.1. The quantitative estimate of drug-likeness (QED) is 0.262. The molecule has 0 aliphatic heterocycles. The minimum absolute atomic E-state index is 0.0685. The predicted molar refractivity (Wildman–Crippen MR) is 146 cm³/mol. The maximum Gasteiger partial charge on any atom is 0.335 e. The zero-order valence-electron chi connectivity index (χ0n) is 19.9. The number of amides is 1. The summed E-state index contributed by atoms with van der Waals surface area (Å²) >= 11 is 0.904. The van der Waals surface area contributed by atoms with Crippen LogP contribution in [0.15, 0.2) is 102 Å². The van der Waals surface area contributed by atoms with Gasteiger partial charge in [-0.2, -0.15) is 0 Å². The van der Waals surface area contributed by atoms with E-state index in [1.165, 1.54) is 17.0 Å². The van der Waals surface area contributed by atoms with Crippen molar-refractivity contribution in [1.29, 1.82) is 0 Å². The molecule has 0 bridgehead atoms. The highest BCUT2D eigenvalue weighted by molar-refractivity contribution is 7.13. The van der Waals surface area contributed by atoms with Crippen LogP contribution in [-0.4, -0.2) is 32.1 Å². The molecule has 8 nitrogen and oxygen atoms in total. The van der Waals surface area contributed by atoms with Crippen LogP contribution in [0.4, 0.5) is 5.69 Å². The number of H-pyrrole nitrogens is 1. The van der Waals surface area contributed by atoms with Crippen molar-refractivity contribution in [3.63, 3.8) is 0 Å². The molecule has 0 radical (unpaired) electrons. The number of carboxylic acid groups (broad SMARTS) is 1. The van der Waals surface area contributed by atoms with E-state index in [1.807, 2.05) is 30.3 Å². The summed E-state index contributed by atoms with van der Waals surface area (Å²) in [6.07, 6.45) is 1.70. The second kappa shape index (κ2) is 10.5. The van der Waals surface area contributed by atoms with Gasteiger partial charge in [-0.3, -0.25) is 19.6 Å². The molecule has 0 atom stereocenters. The molecule has 2 heterocycles. The number of carbonyl (C=O) groups excluding carboxylic acids is 1. The molecule has 5 aromatic rings. The van der Waals surface area contributed by atoms with Crippen LogP contribution in [-0.2, 0) is 6.54 Å². The van der Waals surface area contributed by atoms with E-state index < -0.39 is 5.97 Å². The van der Waals surface area contributed by atoms with Crippen molar-refractivity contribution in [1.82, 2.24) is 9.97 Å². The van der Waals surface area contributed by atoms with E-state index >= 15 is 0 Å². The summed E-state index contributed by atoms with van der Waals surface area (Å²) in [5.74, 6) is -1.58. The van der Waals surface area contributed by atoms with Gasteiger partial charge in [-0.25, -0.2) is 4.79 Å². The lowest BCUT2D eigenvalue weighted by Crippen LogP contribution is -2.30. The standard InChI is InChI=1S/C29H21N3O5S/c33-26-25(38-29(37)31-26)20-9-7-18(8-10-20)17-32(23-5-3-4-22(16-23)28(35)36)27(34)21-13-11-19(12-14-21)24-6-1-2-15-30-24/h1-16,33H,17H2,(H,31,37)(H,35,36). The first-order valence-corrected chi connectivity index (χ1v) is 12.4. The van der Waals surface area contributed by atoms with Crippen LogP contribution in [0.2, 0.25) is 0 Å². The van der Waals surface area contributed by atoms with Crippen molar-refractivity contribution in [2.24, 2.45) is 0 Å². The topological polar surface area (TPSA) is 124 Å². The molecule has 0 spiro atoms. The Kier molecular flexibility index (Phi) is 6.84. The minimum Gasteiger partial charge on any atom is -0.493 e. The number of thiazole rings is 1. The van der Waals surface area contributed by atoms with Gasteiger partial charge in [0.2, 0.25) is 5.88 Å². The Morgan fingerprint density at radius 2 is 1.61 bits per heavy atom. The summed E-state index contributed by atoms with van der Waals surface area (Å²) in [5, 5.41) is 19.4. The number of aromatic amines is 1. The average molecular weight is 524 g/mol. The summed E-state index contributed by atoms with van der Waals surface area (Å²) in [6.45, 7) is 0.166. The molecule has 0 saturated carbocycles. The summed E-state index contributed by atoms with van der Waals surface area (Å²) < 4.78 is 0. The molecule has 0 saturated heterocycles. The maximum absolute atomic E-state index is 13.7. The average Bonchev–Trinajstić information content (AvgIpc) is 3.29. The van der Waals surface area contributed by atoms with E-state index in [1.54, 1.807) is 54.7 Å². The zero-order valence-corrected chi connectivity index (χ0v) is 20.7. The molecule has 5 rings (SSSR count). The Morgan fingerprint density at radius 3 is 2.24 bits per heavy atom. The SMILES string of the molecule is O=C(O)c1cccc(N(Cc2ccc(-c3sc(=O)[nH]c3O)cc2)C(=O)c2ccc(-c3ccccn3)cc2)c1. The van der Waals surface area contributed by atoms with Gasteiger partial charge in [-0.05, 0) is 53.6 Å². The molecule has 0 fully saturated rings. The lowest BCUT2D eigenvalue weighted by Gasteiger charge is -2.24. The van der Waals surface area contributed by atoms with Gasteiger partial charge in [-0.15, -0.1) is 0 Å². The fraction of sp³-hybridized carbons (Fsp3) is 0.0345. The minimum atomic E-state index is -1.09. The Bertz CT molecular complexity index is 1660. The van der Waals surface area contributed by atoms with E-state index in [0.29, 0.717) is 21.7 Å². The van der Waals surface area contributed by atoms with Crippen LogP contribution < -0.4 is 9.77 Å². The third-order valence-electron chi connectivity index (χ3n) is 5.93.